The molecule has 11 heteroatoms. The van der Waals surface area contributed by atoms with Crippen LogP contribution in [0.3, 0.4) is 0 Å². The average molecular weight is 1030 g/mol. The normalized spacial score (nSPS) is 19.8. The topological polar surface area (TPSA) is 175 Å². The van der Waals surface area contributed by atoms with E-state index in [0.29, 0.717) is 12.8 Å². The fourth-order valence-corrected chi connectivity index (χ4v) is 9.06. The van der Waals surface area contributed by atoms with Crippen molar-refractivity contribution < 1.29 is 49.3 Å². The van der Waals surface area contributed by atoms with Crippen LogP contribution in [-0.4, -0.2) is 99.6 Å². The third-order valence-corrected chi connectivity index (χ3v) is 13.9. The Balaban J connectivity index is 2.74. The molecule has 0 aromatic rings. The molecular formula is C62H111NO10. The number of aliphatic hydroxyl groups excluding tert-OH is 5. The summed E-state index contributed by atoms with van der Waals surface area (Å²) in [5, 5.41) is 56.9. The van der Waals surface area contributed by atoms with Crippen molar-refractivity contribution in [3.63, 3.8) is 0 Å². The number of ether oxygens (including phenoxy) is 3. The molecule has 0 aliphatic carbocycles. The van der Waals surface area contributed by atoms with E-state index >= 15 is 0 Å². The van der Waals surface area contributed by atoms with Gasteiger partial charge in [0.2, 0.25) is 5.91 Å². The molecule has 1 heterocycles. The van der Waals surface area contributed by atoms with Crippen LogP contribution in [0.25, 0.3) is 0 Å². The van der Waals surface area contributed by atoms with Gasteiger partial charge in [-0.05, 0) is 89.9 Å². The third kappa shape index (κ3) is 38.5. The lowest BCUT2D eigenvalue weighted by molar-refractivity contribution is -0.305. The molecule has 0 radical (unpaired) electrons. The molecule has 0 aromatic heterocycles. The molecule has 1 fully saturated rings. The van der Waals surface area contributed by atoms with Crippen LogP contribution in [-0.2, 0) is 23.8 Å². The number of rotatable bonds is 50. The van der Waals surface area contributed by atoms with Crippen LogP contribution < -0.4 is 5.32 Å². The standard InChI is InChI=1S/C62H111NO10/c1-4-7-10-13-16-19-22-25-26-27-28-29-32-34-37-40-43-46-49-55(66)61(70)63-53(54(65)48-45-42-39-36-33-30-23-20-17-14-11-8-5-2)52-71-62-60(59(69)58(68)56(51-64)72-62)73-57(67)50-47-44-41-38-35-31-24-21-18-15-12-9-6-3/h16,19,25-26,28-29,31,35,45,48,53-56,58-60,62,64-66,68-69H,4-15,17-18,20-24,27,30,32-34,36-44,46-47,49-52H2,1-3H3,(H,63,70)/b19-16-,26-25-,29-28-,35-31-,48-45+. The Morgan fingerprint density at radius 3 is 1.45 bits per heavy atom. The van der Waals surface area contributed by atoms with Crippen molar-refractivity contribution in [2.75, 3.05) is 13.2 Å². The van der Waals surface area contributed by atoms with Crippen LogP contribution in [0.5, 0.6) is 0 Å². The van der Waals surface area contributed by atoms with Crippen molar-refractivity contribution in [2.24, 2.45) is 0 Å². The summed E-state index contributed by atoms with van der Waals surface area (Å²) >= 11 is 0. The van der Waals surface area contributed by atoms with Gasteiger partial charge in [-0.2, -0.15) is 0 Å². The molecule has 1 saturated heterocycles. The summed E-state index contributed by atoms with van der Waals surface area (Å²) < 4.78 is 17.6. The van der Waals surface area contributed by atoms with E-state index in [9.17, 15) is 35.1 Å². The largest absolute Gasteiger partial charge is 0.454 e. The lowest BCUT2D eigenvalue weighted by Gasteiger charge is -2.41. The first kappa shape index (κ1) is 68.4. The van der Waals surface area contributed by atoms with E-state index in [1.807, 2.05) is 6.08 Å². The molecule has 73 heavy (non-hydrogen) atoms. The molecule has 6 N–H and O–H groups in total. The molecule has 0 aromatic carbocycles. The first-order valence-corrected chi connectivity index (χ1v) is 30.1. The van der Waals surface area contributed by atoms with Gasteiger partial charge in [0.1, 0.15) is 24.4 Å². The van der Waals surface area contributed by atoms with E-state index < -0.39 is 67.4 Å². The second-order valence-electron chi connectivity index (χ2n) is 20.7. The van der Waals surface area contributed by atoms with Crippen molar-refractivity contribution in [3.05, 3.63) is 60.8 Å². The van der Waals surface area contributed by atoms with Crippen LogP contribution in [0.15, 0.2) is 60.8 Å². The average Bonchev–Trinajstić information content (AvgIpc) is 3.39. The smallest absolute Gasteiger partial charge is 0.306 e. The van der Waals surface area contributed by atoms with Crippen molar-refractivity contribution in [1.29, 1.82) is 0 Å². The molecule has 0 spiro atoms. The zero-order valence-electron chi connectivity index (χ0n) is 46.7. The van der Waals surface area contributed by atoms with Crippen LogP contribution in [0, 0.1) is 0 Å². The minimum atomic E-state index is -1.62. The summed E-state index contributed by atoms with van der Waals surface area (Å²) in [5.41, 5.74) is 0. The van der Waals surface area contributed by atoms with E-state index in [0.717, 1.165) is 89.9 Å². The van der Waals surface area contributed by atoms with Gasteiger partial charge in [0, 0.05) is 6.42 Å². The second kappa shape index (κ2) is 50.2. The van der Waals surface area contributed by atoms with Gasteiger partial charge in [0.25, 0.3) is 0 Å². The molecule has 8 unspecified atom stereocenters. The van der Waals surface area contributed by atoms with Crippen molar-refractivity contribution in [1.82, 2.24) is 5.32 Å². The predicted molar refractivity (Wildman–Crippen MR) is 301 cm³/mol. The maximum Gasteiger partial charge on any atom is 0.306 e. The number of carbonyl (C=O) groups excluding carboxylic acids is 2. The number of aliphatic hydroxyl groups is 5. The predicted octanol–water partition coefficient (Wildman–Crippen LogP) is 13.8. The van der Waals surface area contributed by atoms with Gasteiger partial charge in [0.15, 0.2) is 12.4 Å². The molecule has 1 aliphatic rings. The molecule has 1 aliphatic heterocycles. The van der Waals surface area contributed by atoms with Crippen LogP contribution in [0.2, 0.25) is 0 Å². The summed E-state index contributed by atoms with van der Waals surface area (Å²) in [4.78, 5) is 26.5. The summed E-state index contributed by atoms with van der Waals surface area (Å²) in [6, 6.07) is -1.03. The van der Waals surface area contributed by atoms with E-state index in [1.165, 1.54) is 122 Å². The summed E-state index contributed by atoms with van der Waals surface area (Å²) in [5.74, 6) is -1.22. The Hall–Kier alpha value is -2.64. The molecule has 8 atom stereocenters. The highest BCUT2D eigenvalue weighted by atomic mass is 16.7. The SMILES string of the molecule is CCCCC/C=C\C/C=C\C/C=C\CCCCCCCC(O)C(=O)NC(COC1OC(CO)C(O)C(O)C1OC(=O)CCCCC/C=C\CCCCCCCC)C(O)/C=C/CCCCCCCCCCCCC. The number of hydrogen-bond acceptors (Lipinski definition) is 10. The fraction of sp³-hybridized carbons (Fsp3) is 0.806. The van der Waals surface area contributed by atoms with Gasteiger partial charge in [-0.1, -0.05) is 223 Å². The Labute approximate surface area is 446 Å². The van der Waals surface area contributed by atoms with Crippen LogP contribution in [0.4, 0.5) is 0 Å². The highest BCUT2D eigenvalue weighted by Crippen LogP contribution is 2.26. The number of amides is 1. The first-order valence-electron chi connectivity index (χ1n) is 30.1. The number of allylic oxidation sites excluding steroid dienone is 9. The monoisotopic (exact) mass is 1030 g/mol. The first-order chi connectivity index (χ1) is 35.7. The lowest BCUT2D eigenvalue weighted by Crippen LogP contribution is -2.61. The van der Waals surface area contributed by atoms with Crippen molar-refractivity contribution in [3.8, 4) is 0 Å². The highest BCUT2D eigenvalue weighted by molar-refractivity contribution is 5.80. The number of nitrogens with one attached hydrogen (secondary N) is 1. The zero-order valence-corrected chi connectivity index (χ0v) is 46.7. The van der Waals surface area contributed by atoms with Gasteiger partial charge in [-0.15, -0.1) is 0 Å². The number of esters is 1. The Kier molecular flexibility index (Phi) is 47.0. The second-order valence-corrected chi connectivity index (χ2v) is 20.7. The Bertz CT molecular complexity index is 1420. The lowest BCUT2D eigenvalue weighted by atomic mass is 9.99. The molecule has 11 nitrogen and oxygen atoms in total. The van der Waals surface area contributed by atoms with Gasteiger partial charge in [0.05, 0.1) is 25.4 Å². The zero-order chi connectivity index (χ0) is 53.3. The summed E-state index contributed by atoms with van der Waals surface area (Å²) in [7, 11) is 0. The minimum absolute atomic E-state index is 0.101. The molecular weight excluding hydrogens is 919 g/mol. The molecule has 0 saturated carbocycles. The quantitative estimate of drug-likeness (QED) is 0.0195. The van der Waals surface area contributed by atoms with E-state index in [1.54, 1.807) is 6.08 Å². The van der Waals surface area contributed by atoms with Gasteiger partial charge in [-0.25, -0.2) is 0 Å². The molecule has 1 amide bonds. The summed E-state index contributed by atoms with van der Waals surface area (Å²) in [6.45, 7) is 5.73. The van der Waals surface area contributed by atoms with E-state index in [4.69, 9.17) is 14.2 Å². The minimum Gasteiger partial charge on any atom is -0.454 e. The van der Waals surface area contributed by atoms with Crippen molar-refractivity contribution in [2.45, 2.75) is 307 Å². The van der Waals surface area contributed by atoms with E-state index in [-0.39, 0.29) is 19.4 Å². The Morgan fingerprint density at radius 1 is 0.534 bits per heavy atom. The number of hydrogen-bond donors (Lipinski definition) is 6. The molecule has 1 rings (SSSR count). The fourth-order valence-electron chi connectivity index (χ4n) is 9.06. The highest BCUT2D eigenvalue weighted by Gasteiger charge is 2.47. The maximum absolute atomic E-state index is 13.4. The van der Waals surface area contributed by atoms with Crippen LogP contribution in [0.1, 0.15) is 258 Å². The van der Waals surface area contributed by atoms with Crippen LogP contribution >= 0.6 is 0 Å². The van der Waals surface area contributed by atoms with Gasteiger partial charge < -0.3 is 45.1 Å². The number of carbonyl (C=O) groups is 2. The summed E-state index contributed by atoms with van der Waals surface area (Å²) in [6.07, 6.45) is 51.1. The maximum atomic E-state index is 13.4. The Morgan fingerprint density at radius 2 is 0.945 bits per heavy atom. The molecule has 0 bridgehead atoms. The van der Waals surface area contributed by atoms with Crippen molar-refractivity contribution >= 4 is 11.9 Å². The van der Waals surface area contributed by atoms with Gasteiger partial charge >= 0.3 is 5.97 Å². The third-order valence-electron chi connectivity index (χ3n) is 13.9. The molecule has 424 valence electrons. The number of unbranched alkanes of at least 4 members (excludes halogenated alkanes) is 28. The van der Waals surface area contributed by atoms with E-state index in [2.05, 4.69) is 74.7 Å². The van der Waals surface area contributed by atoms with Gasteiger partial charge in [-0.3, -0.25) is 9.59 Å².